The summed E-state index contributed by atoms with van der Waals surface area (Å²) in [7, 11) is 0. The molecule has 0 bridgehead atoms. The third-order valence-electron chi connectivity index (χ3n) is 4.64. The minimum absolute atomic E-state index is 0.143. The topological polar surface area (TPSA) is 58.9 Å². The third kappa shape index (κ3) is 3.74. The fourth-order valence-electron chi connectivity index (χ4n) is 3.74. The Hall–Kier alpha value is -1.81. The number of hydrogen-bond donors (Lipinski definition) is 1. The van der Waals surface area contributed by atoms with E-state index in [2.05, 4.69) is 17.3 Å². The summed E-state index contributed by atoms with van der Waals surface area (Å²) in [4.78, 5) is 18.0. The molecule has 25 heavy (non-hydrogen) atoms. The highest BCUT2D eigenvalue weighted by molar-refractivity contribution is 6.46. The van der Waals surface area contributed by atoms with Gasteiger partial charge in [-0.15, -0.1) is 0 Å². The molecular formula is C20H26ClNO3. The van der Waals surface area contributed by atoms with Crippen LogP contribution in [-0.2, 0) is 9.63 Å². The normalized spacial score (nSPS) is 22.6. The van der Waals surface area contributed by atoms with Crippen molar-refractivity contribution in [2.24, 2.45) is 11.1 Å². The number of Topliss-reactive ketones (excluding diaryl/α,β-unsaturated/α-hetero) is 1. The molecule has 4 nitrogen and oxygen atoms in total. The van der Waals surface area contributed by atoms with E-state index in [1.165, 1.54) is 0 Å². The van der Waals surface area contributed by atoms with Crippen molar-refractivity contribution in [1.29, 1.82) is 0 Å². The predicted molar refractivity (Wildman–Crippen MR) is 101 cm³/mol. The van der Waals surface area contributed by atoms with Gasteiger partial charge in [0, 0.05) is 11.8 Å². The smallest absolute Gasteiger partial charge is 0.182 e. The SMILES string of the molecule is CCCC1C(=O)C(Cl)=C(O)C(=NOCC)C1c1c(C)cc(C)cc1C. The number of aliphatic hydroxyl groups is 1. The lowest BCUT2D eigenvalue weighted by atomic mass is 9.71. The van der Waals surface area contributed by atoms with Crippen LogP contribution in [0.4, 0.5) is 0 Å². The van der Waals surface area contributed by atoms with E-state index in [0.29, 0.717) is 18.7 Å². The van der Waals surface area contributed by atoms with Gasteiger partial charge in [-0.3, -0.25) is 4.79 Å². The van der Waals surface area contributed by atoms with Gasteiger partial charge in [-0.1, -0.05) is 47.8 Å². The molecule has 0 fully saturated rings. The minimum Gasteiger partial charge on any atom is -0.504 e. The maximum Gasteiger partial charge on any atom is 0.182 e. The highest BCUT2D eigenvalue weighted by Crippen LogP contribution is 2.42. The molecule has 0 amide bonds. The number of nitrogens with zero attached hydrogens (tertiary/aromatic N) is 1. The molecule has 0 heterocycles. The van der Waals surface area contributed by atoms with Gasteiger partial charge < -0.3 is 9.94 Å². The third-order valence-corrected chi connectivity index (χ3v) is 5.01. The molecule has 5 heteroatoms. The van der Waals surface area contributed by atoms with Crippen LogP contribution in [0.1, 0.15) is 54.9 Å². The van der Waals surface area contributed by atoms with Gasteiger partial charge in [0.05, 0.1) is 0 Å². The predicted octanol–water partition coefficient (Wildman–Crippen LogP) is 5.10. The lowest BCUT2D eigenvalue weighted by molar-refractivity contribution is -0.119. The number of rotatable bonds is 5. The zero-order valence-corrected chi connectivity index (χ0v) is 16.3. The summed E-state index contributed by atoms with van der Waals surface area (Å²) < 4.78 is 0. The standard InChI is InChI=1S/C20H26ClNO3/c1-6-8-14-16(15-12(4)9-11(3)10-13(15)5)18(22-25-7-2)20(24)17(21)19(14)23/h9-10,14,16,24H,6-8H2,1-5H3. The highest BCUT2D eigenvalue weighted by atomic mass is 35.5. The monoisotopic (exact) mass is 363 g/mol. The fourth-order valence-corrected chi connectivity index (χ4v) is 3.98. The van der Waals surface area contributed by atoms with Gasteiger partial charge in [-0.25, -0.2) is 0 Å². The van der Waals surface area contributed by atoms with E-state index in [4.69, 9.17) is 16.4 Å². The zero-order valence-electron chi connectivity index (χ0n) is 15.5. The van der Waals surface area contributed by atoms with Gasteiger partial charge in [0.2, 0.25) is 0 Å². The first-order valence-electron chi connectivity index (χ1n) is 8.74. The number of allylic oxidation sites excluding steroid dienone is 2. The molecule has 2 unspecified atom stereocenters. The largest absolute Gasteiger partial charge is 0.504 e. The summed E-state index contributed by atoms with van der Waals surface area (Å²) in [5.41, 5.74) is 4.68. The van der Waals surface area contributed by atoms with E-state index in [-0.39, 0.29) is 28.4 Å². The van der Waals surface area contributed by atoms with Crippen molar-refractivity contribution in [2.75, 3.05) is 6.61 Å². The van der Waals surface area contributed by atoms with Crippen LogP contribution >= 0.6 is 11.6 Å². The van der Waals surface area contributed by atoms with Gasteiger partial charge in [0.1, 0.15) is 17.4 Å². The van der Waals surface area contributed by atoms with Crippen LogP contribution in [0.5, 0.6) is 0 Å². The number of carbonyl (C=O) groups is 1. The van der Waals surface area contributed by atoms with Crippen LogP contribution in [0, 0.1) is 26.7 Å². The molecule has 2 rings (SSSR count). The zero-order chi connectivity index (χ0) is 18.7. The first kappa shape index (κ1) is 19.5. The number of aryl methyl sites for hydroxylation is 3. The van der Waals surface area contributed by atoms with E-state index in [1.54, 1.807) is 0 Å². The number of oxime groups is 1. The lowest BCUT2D eigenvalue weighted by Crippen LogP contribution is -2.36. The van der Waals surface area contributed by atoms with Gasteiger partial charge in [0.25, 0.3) is 0 Å². The van der Waals surface area contributed by atoms with Crippen molar-refractivity contribution < 1.29 is 14.7 Å². The molecule has 136 valence electrons. The van der Waals surface area contributed by atoms with Crippen LogP contribution in [0.2, 0.25) is 0 Å². The van der Waals surface area contributed by atoms with E-state index >= 15 is 0 Å². The molecule has 0 aliphatic heterocycles. The number of halogens is 1. The fraction of sp³-hybridized carbons (Fsp3) is 0.500. The molecule has 1 aliphatic rings. The second-order valence-electron chi connectivity index (χ2n) is 6.61. The molecule has 1 N–H and O–H groups in total. The number of ketones is 1. The summed E-state index contributed by atoms with van der Waals surface area (Å²) in [6, 6.07) is 4.18. The van der Waals surface area contributed by atoms with Gasteiger partial charge in [-0.05, 0) is 50.8 Å². The number of aliphatic hydroxyl groups excluding tert-OH is 1. The minimum atomic E-state index is -0.359. The first-order valence-corrected chi connectivity index (χ1v) is 9.12. The Kier molecular flexibility index (Phi) is 6.28. The Morgan fingerprint density at radius 1 is 1.20 bits per heavy atom. The van der Waals surface area contributed by atoms with Crippen LogP contribution in [-0.4, -0.2) is 23.2 Å². The molecule has 0 saturated heterocycles. The molecule has 1 aliphatic carbocycles. The number of carbonyl (C=O) groups excluding carboxylic acids is 1. The first-order chi connectivity index (χ1) is 11.8. The molecule has 1 aromatic carbocycles. The Bertz CT molecular complexity index is 713. The summed E-state index contributed by atoms with van der Waals surface area (Å²) >= 11 is 6.12. The average molecular weight is 364 g/mol. The quantitative estimate of drug-likeness (QED) is 0.741. The summed E-state index contributed by atoms with van der Waals surface area (Å²) in [6.07, 6.45) is 1.51. The van der Waals surface area contributed by atoms with Crippen molar-refractivity contribution >= 4 is 23.1 Å². The Balaban J connectivity index is 2.73. The van der Waals surface area contributed by atoms with E-state index < -0.39 is 0 Å². The summed E-state index contributed by atoms with van der Waals surface area (Å²) in [5.74, 6) is -1.20. The lowest BCUT2D eigenvalue weighted by Gasteiger charge is -2.33. The van der Waals surface area contributed by atoms with Gasteiger partial charge in [0.15, 0.2) is 11.5 Å². The molecule has 0 spiro atoms. The van der Waals surface area contributed by atoms with Crippen LogP contribution in [0.15, 0.2) is 28.1 Å². The van der Waals surface area contributed by atoms with Crippen molar-refractivity contribution in [3.63, 3.8) is 0 Å². The maximum absolute atomic E-state index is 12.8. The van der Waals surface area contributed by atoms with Crippen molar-refractivity contribution in [2.45, 2.75) is 53.4 Å². The number of hydrogen-bond acceptors (Lipinski definition) is 4. The highest BCUT2D eigenvalue weighted by Gasteiger charge is 2.43. The molecular weight excluding hydrogens is 338 g/mol. The van der Waals surface area contributed by atoms with Crippen molar-refractivity contribution in [3.8, 4) is 0 Å². The van der Waals surface area contributed by atoms with Crippen molar-refractivity contribution in [1.82, 2.24) is 0 Å². The van der Waals surface area contributed by atoms with E-state index in [1.807, 2.05) is 34.6 Å². The Morgan fingerprint density at radius 2 is 1.80 bits per heavy atom. The summed E-state index contributed by atoms with van der Waals surface area (Å²) in [6.45, 7) is 10.3. The van der Waals surface area contributed by atoms with Crippen molar-refractivity contribution in [3.05, 3.63) is 45.2 Å². The molecule has 0 radical (unpaired) electrons. The van der Waals surface area contributed by atoms with Crippen LogP contribution in [0.3, 0.4) is 0 Å². The van der Waals surface area contributed by atoms with Crippen LogP contribution < -0.4 is 0 Å². The number of benzene rings is 1. The molecule has 2 atom stereocenters. The maximum atomic E-state index is 12.8. The Morgan fingerprint density at radius 3 is 2.32 bits per heavy atom. The van der Waals surface area contributed by atoms with Crippen LogP contribution in [0.25, 0.3) is 0 Å². The average Bonchev–Trinajstić information content (AvgIpc) is 2.55. The molecule has 0 aromatic heterocycles. The molecule has 1 aromatic rings. The van der Waals surface area contributed by atoms with Gasteiger partial charge >= 0.3 is 0 Å². The van der Waals surface area contributed by atoms with Gasteiger partial charge in [-0.2, -0.15) is 0 Å². The summed E-state index contributed by atoms with van der Waals surface area (Å²) in [5, 5.41) is 14.5. The van der Waals surface area contributed by atoms with E-state index in [9.17, 15) is 9.90 Å². The second kappa shape index (κ2) is 8.05. The second-order valence-corrected chi connectivity index (χ2v) is 6.98. The van der Waals surface area contributed by atoms with E-state index in [0.717, 1.165) is 28.7 Å². The molecule has 0 saturated carbocycles. The Labute approximate surface area is 154 Å².